The molecular formula is C23H21ClF3N9O4. The highest BCUT2D eigenvalue weighted by atomic mass is 35.5. The Kier molecular flexibility index (Phi) is 6.85. The zero-order valence-electron chi connectivity index (χ0n) is 20.8. The van der Waals surface area contributed by atoms with E-state index in [9.17, 15) is 27.9 Å². The van der Waals surface area contributed by atoms with Crippen LogP contribution in [0.2, 0.25) is 5.15 Å². The molecule has 1 fully saturated rings. The van der Waals surface area contributed by atoms with Crippen molar-refractivity contribution in [1.82, 2.24) is 29.4 Å². The van der Waals surface area contributed by atoms with Crippen LogP contribution in [0.25, 0.3) is 11.5 Å². The average molecular weight is 580 g/mol. The summed E-state index contributed by atoms with van der Waals surface area (Å²) in [6, 6.07) is 1.33. The van der Waals surface area contributed by atoms with Gasteiger partial charge in [0, 0.05) is 13.2 Å². The number of nitrogens with one attached hydrogen (secondary N) is 3. The van der Waals surface area contributed by atoms with E-state index in [4.69, 9.17) is 16.3 Å². The third-order valence-electron chi connectivity index (χ3n) is 6.11. The molecule has 1 aliphatic carbocycles. The van der Waals surface area contributed by atoms with E-state index in [1.165, 1.54) is 23.9 Å². The lowest BCUT2D eigenvalue weighted by Gasteiger charge is -2.17. The third-order valence-corrected chi connectivity index (χ3v) is 6.30. The number of hydrogen-bond acceptors (Lipinski definition) is 8. The lowest BCUT2D eigenvalue weighted by Crippen LogP contribution is -2.29. The second-order valence-electron chi connectivity index (χ2n) is 9.00. The highest BCUT2D eigenvalue weighted by Gasteiger charge is 2.48. The summed E-state index contributed by atoms with van der Waals surface area (Å²) in [4.78, 5) is 32.8. The molecule has 0 aromatic carbocycles. The normalized spacial score (nSPS) is 15.1. The number of amides is 3. The standard InChI is InChI=1S/C23H21ClF3N9O4/c1-11(40-2)18-15(9-28-17-6-16(24)34-36(17)18)33-21(38)32-12-5-14(23(25,26)27)19(29-7-12)35-10-13(8-30-35)31-20(37)22(39)3-4-22/h5-11,39H,3-4H2,1-2H3,(H,31,37)(H2,32,33,38)/t11-/m0/s1. The number of pyridine rings is 1. The molecule has 1 aliphatic rings. The summed E-state index contributed by atoms with van der Waals surface area (Å²) in [6.45, 7) is 1.70. The van der Waals surface area contributed by atoms with Gasteiger partial charge in [0.2, 0.25) is 0 Å². The summed E-state index contributed by atoms with van der Waals surface area (Å²) in [5, 5.41) is 25.3. The van der Waals surface area contributed by atoms with Crippen LogP contribution in [-0.2, 0) is 15.7 Å². The lowest BCUT2D eigenvalue weighted by molar-refractivity contribution is -0.137. The van der Waals surface area contributed by atoms with Crippen molar-refractivity contribution in [3.63, 3.8) is 0 Å². The summed E-state index contributed by atoms with van der Waals surface area (Å²) in [5.41, 5.74) is -1.88. The molecule has 0 saturated heterocycles. The zero-order chi connectivity index (χ0) is 28.8. The van der Waals surface area contributed by atoms with Gasteiger partial charge in [-0.05, 0) is 25.8 Å². The number of hydrogen-bond donors (Lipinski definition) is 4. The molecule has 5 rings (SSSR count). The first-order valence-corrected chi connectivity index (χ1v) is 12.1. The maximum absolute atomic E-state index is 14.0. The van der Waals surface area contributed by atoms with Gasteiger partial charge >= 0.3 is 12.2 Å². The van der Waals surface area contributed by atoms with E-state index in [0.29, 0.717) is 30.2 Å². The Morgan fingerprint density at radius 2 is 1.88 bits per heavy atom. The van der Waals surface area contributed by atoms with Crippen LogP contribution >= 0.6 is 11.6 Å². The SMILES string of the molecule is CO[C@@H](C)c1c(NC(=O)Nc2cnc(-n3cc(NC(=O)C4(O)CC4)cn3)c(C(F)(F)F)c2)cnc2cc(Cl)nn12. The molecule has 210 valence electrons. The molecule has 4 aromatic heterocycles. The Morgan fingerprint density at radius 1 is 1.12 bits per heavy atom. The molecule has 4 heterocycles. The number of aliphatic hydroxyl groups is 1. The van der Waals surface area contributed by atoms with E-state index in [1.807, 2.05) is 0 Å². The Hall–Kier alpha value is -4.28. The smallest absolute Gasteiger partial charge is 0.380 e. The molecule has 4 N–H and O–H groups in total. The molecule has 0 aliphatic heterocycles. The number of carbonyl (C=O) groups excluding carboxylic acids is 2. The van der Waals surface area contributed by atoms with Crippen molar-refractivity contribution < 1.29 is 32.6 Å². The first-order chi connectivity index (χ1) is 18.9. The lowest BCUT2D eigenvalue weighted by atomic mass is 10.2. The summed E-state index contributed by atoms with van der Waals surface area (Å²) in [5.74, 6) is -1.26. The summed E-state index contributed by atoms with van der Waals surface area (Å²) in [7, 11) is 1.45. The number of urea groups is 1. The Balaban J connectivity index is 1.38. The predicted molar refractivity (Wildman–Crippen MR) is 135 cm³/mol. The fraction of sp³-hybridized carbons (Fsp3) is 0.304. The Bertz CT molecular complexity index is 1620. The number of fused-ring (bicyclic) bond motifs is 1. The summed E-state index contributed by atoms with van der Waals surface area (Å²) < 4.78 is 49.4. The predicted octanol–water partition coefficient (Wildman–Crippen LogP) is 3.80. The van der Waals surface area contributed by atoms with Crippen LogP contribution in [0.15, 0.2) is 36.9 Å². The Labute approximate surface area is 228 Å². The van der Waals surface area contributed by atoms with Crippen molar-refractivity contribution in [3.05, 3.63) is 53.3 Å². The van der Waals surface area contributed by atoms with Crippen molar-refractivity contribution in [3.8, 4) is 5.82 Å². The van der Waals surface area contributed by atoms with E-state index in [0.717, 1.165) is 23.3 Å². The molecule has 17 heteroatoms. The number of halogens is 4. The van der Waals surface area contributed by atoms with Crippen molar-refractivity contribution in [2.24, 2.45) is 0 Å². The number of carbonyl (C=O) groups is 2. The Morgan fingerprint density at radius 3 is 2.55 bits per heavy atom. The minimum atomic E-state index is -4.87. The molecule has 0 radical (unpaired) electrons. The van der Waals surface area contributed by atoms with Crippen LogP contribution in [-0.4, -0.2) is 59.1 Å². The maximum atomic E-state index is 14.0. The van der Waals surface area contributed by atoms with E-state index >= 15 is 0 Å². The number of anilines is 3. The molecule has 1 saturated carbocycles. The minimum absolute atomic E-state index is 0.0759. The quantitative estimate of drug-likeness (QED) is 0.257. The molecule has 13 nitrogen and oxygen atoms in total. The molecule has 4 aromatic rings. The van der Waals surface area contributed by atoms with Crippen LogP contribution in [0, 0.1) is 0 Å². The maximum Gasteiger partial charge on any atom is 0.420 e. The van der Waals surface area contributed by atoms with Gasteiger partial charge in [-0.2, -0.15) is 23.4 Å². The highest BCUT2D eigenvalue weighted by molar-refractivity contribution is 6.29. The van der Waals surface area contributed by atoms with Crippen molar-refractivity contribution in [1.29, 1.82) is 0 Å². The fourth-order valence-electron chi connectivity index (χ4n) is 3.82. The van der Waals surface area contributed by atoms with E-state index in [-0.39, 0.29) is 22.2 Å². The topological polar surface area (TPSA) is 161 Å². The van der Waals surface area contributed by atoms with Gasteiger partial charge in [0.15, 0.2) is 16.6 Å². The number of aromatic nitrogens is 6. The van der Waals surface area contributed by atoms with E-state index < -0.39 is 41.2 Å². The van der Waals surface area contributed by atoms with Crippen LogP contribution < -0.4 is 16.0 Å². The number of nitrogens with zero attached hydrogens (tertiary/aromatic N) is 6. The molecule has 40 heavy (non-hydrogen) atoms. The van der Waals surface area contributed by atoms with Crippen LogP contribution in [0.4, 0.5) is 35.0 Å². The van der Waals surface area contributed by atoms with Gasteiger partial charge in [0.1, 0.15) is 11.2 Å². The van der Waals surface area contributed by atoms with Crippen molar-refractivity contribution >= 4 is 46.2 Å². The fourth-order valence-corrected chi connectivity index (χ4v) is 3.99. The third kappa shape index (κ3) is 5.41. The highest BCUT2D eigenvalue weighted by Crippen LogP contribution is 2.37. The first-order valence-electron chi connectivity index (χ1n) is 11.7. The van der Waals surface area contributed by atoms with Crippen LogP contribution in [0.5, 0.6) is 0 Å². The van der Waals surface area contributed by atoms with Gasteiger partial charge in [-0.15, -0.1) is 0 Å². The molecule has 0 spiro atoms. The van der Waals surface area contributed by atoms with Crippen molar-refractivity contribution in [2.45, 2.75) is 37.6 Å². The molecule has 3 amide bonds. The van der Waals surface area contributed by atoms with Crippen LogP contribution in [0.3, 0.4) is 0 Å². The summed E-state index contributed by atoms with van der Waals surface area (Å²) >= 11 is 5.97. The first kappa shape index (κ1) is 27.3. The van der Waals surface area contributed by atoms with Gasteiger partial charge in [-0.25, -0.2) is 24.0 Å². The molecular weight excluding hydrogens is 559 g/mol. The van der Waals surface area contributed by atoms with Gasteiger partial charge in [-0.3, -0.25) is 4.79 Å². The van der Waals surface area contributed by atoms with Crippen LogP contribution in [0.1, 0.15) is 37.1 Å². The number of alkyl halides is 3. The molecule has 0 unspecified atom stereocenters. The molecule has 1 atom stereocenters. The summed E-state index contributed by atoms with van der Waals surface area (Å²) in [6.07, 6.45) is -0.226. The monoisotopic (exact) mass is 579 g/mol. The minimum Gasteiger partial charge on any atom is -0.380 e. The largest absolute Gasteiger partial charge is 0.420 e. The van der Waals surface area contributed by atoms with E-state index in [1.54, 1.807) is 6.92 Å². The van der Waals surface area contributed by atoms with Gasteiger partial charge < -0.3 is 25.8 Å². The molecule has 0 bridgehead atoms. The second-order valence-corrected chi connectivity index (χ2v) is 9.39. The van der Waals surface area contributed by atoms with Gasteiger partial charge in [0.25, 0.3) is 5.91 Å². The second kappa shape index (κ2) is 10.0. The number of ether oxygens (including phenoxy) is 1. The van der Waals surface area contributed by atoms with Crippen molar-refractivity contribution in [2.75, 3.05) is 23.1 Å². The van der Waals surface area contributed by atoms with Gasteiger partial charge in [0.05, 0.1) is 53.6 Å². The van der Waals surface area contributed by atoms with Gasteiger partial charge in [-0.1, -0.05) is 11.6 Å². The average Bonchev–Trinajstić information content (AvgIpc) is 3.29. The van der Waals surface area contributed by atoms with E-state index in [2.05, 4.69) is 36.1 Å². The number of rotatable bonds is 7. The number of methoxy groups -OCH3 is 1. The zero-order valence-corrected chi connectivity index (χ0v) is 21.6.